The van der Waals surface area contributed by atoms with Crippen LogP contribution in [-0.2, 0) is 4.79 Å². The number of hydrogen-bond donors (Lipinski definition) is 3. The molecule has 1 aromatic carbocycles. The summed E-state index contributed by atoms with van der Waals surface area (Å²) in [5.41, 5.74) is 6.23. The molecule has 90 valence electrons. The van der Waals surface area contributed by atoms with Crippen LogP contribution in [-0.4, -0.2) is 22.6 Å². The number of benzene rings is 1. The molecule has 1 rings (SSSR count). The number of carbonyl (C=O) groups excluding carboxylic acids is 2. The van der Waals surface area contributed by atoms with Gasteiger partial charge in [-0.25, -0.2) is 0 Å². The number of anilines is 1. The van der Waals surface area contributed by atoms with Gasteiger partial charge in [-0.2, -0.15) is 0 Å². The molecule has 0 unspecified atom stereocenters. The molecule has 0 radical (unpaired) electrons. The van der Waals surface area contributed by atoms with Crippen LogP contribution in [0, 0.1) is 5.41 Å². The third-order valence-electron chi connectivity index (χ3n) is 1.91. The van der Waals surface area contributed by atoms with Gasteiger partial charge < -0.3 is 11.1 Å². The van der Waals surface area contributed by atoms with Crippen LogP contribution in [0.3, 0.4) is 0 Å². The Bertz CT molecular complexity index is 460. The summed E-state index contributed by atoms with van der Waals surface area (Å²) in [6.07, 6.45) is 0. The first-order valence-corrected chi connectivity index (χ1v) is 5.85. The van der Waals surface area contributed by atoms with Crippen molar-refractivity contribution in [2.45, 2.75) is 6.92 Å². The van der Waals surface area contributed by atoms with Crippen molar-refractivity contribution in [1.29, 1.82) is 5.41 Å². The van der Waals surface area contributed by atoms with Crippen molar-refractivity contribution in [1.82, 2.24) is 0 Å². The molecule has 1 amide bonds. The first kappa shape index (κ1) is 13.2. The third kappa shape index (κ3) is 4.69. The van der Waals surface area contributed by atoms with Crippen LogP contribution >= 0.6 is 11.8 Å². The SMILES string of the molecule is CC(=O)c1cccc(NC(=O)CSC(=N)N)c1. The van der Waals surface area contributed by atoms with Gasteiger partial charge in [0.25, 0.3) is 0 Å². The number of amidine groups is 1. The Morgan fingerprint density at radius 1 is 1.47 bits per heavy atom. The van der Waals surface area contributed by atoms with Crippen LogP contribution in [0.4, 0.5) is 5.69 Å². The van der Waals surface area contributed by atoms with Gasteiger partial charge >= 0.3 is 0 Å². The second kappa shape index (κ2) is 6.05. The maximum Gasteiger partial charge on any atom is 0.234 e. The highest BCUT2D eigenvalue weighted by atomic mass is 32.2. The zero-order valence-corrected chi connectivity index (χ0v) is 10.1. The Morgan fingerprint density at radius 2 is 2.18 bits per heavy atom. The van der Waals surface area contributed by atoms with Crippen LogP contribution in [0.5, 0.6) is 0 Å². The molecule has 6 heteroatoms. The minimum atomic E-state index is -0.258. The summed E-state index contributed by atoms with van der Waals surface area (Å²) in [6.45, 7) is 1.46. The van der Waals surface area contributed by atoms with Crippen LogP contribution in [0.2, 0.25) is 0 Å². The molecule has 0 aliphatic carbocycles. The Morgan fingerprint density at radius 3 is 2.76 bits per heavy atom. The van der Waals surface area contributed by atoms with Gasteiger partial charge in [0.2, 0.25) is 5.91 Å². The average Bonchev–Trinajstić information content (AvgIpc) is 2.26. The van der Waals surface area contributed by atoms with Crippen molar-refractivity contribution in [2.75, 3.05) is 11.1 Å². The molecular weight excluding hydrogens is 238 g/mol. The Hall–Kier alpha value is -1.82. The van der Waals surface area contributed by atoms with Crippen LogP contribution in [0.1, 0.15) is 17.3 Å². The number of ketones is 1. The second-order valence-corrected chi connectivity index (χ2v) is 4.36. The van der Waals surface area contributed by atoms with E-state index in [0.717, 1.165) is 11.8 Å². The van der Waals surface area contributed by atoms with Gasteiger partial charge in [0.15, 0.2) is 11.0 Å². The monoisotopic (exact) mass is 251 g/mol. The summed E-state index contributed by atoms with van der Waals surface area (Å²) in [4.78, 5) is 22.6. The van der Waals surface area contributed by atoms with Gasteiger partial charge in [-0.05, 0) is 19.1 Å². The molecule has 17 heavy (non-hydrogen) atoms. The summed E-state index contributed by atoms with van der Waals surface area (Å²) >= 11 is 0.951. The number of rotatable bonds is 4. The maximum absolute atomic E-state index is 11.4. The first-order valence-electron chi connectivity index (χ1n) is 4.86. The van der Waals surface area contributed by atoms with E-state index in [1.807, 2.05) is 0 Å². The second-order valence-electron chi connectivity index (χ2n) is 3.34. The smallest absolute Gasteiger partial charge is 0.234 e. The summed E-state index contributed by atoms with van der Waals surface area (Å²) in [5, 5.41) is 9.50. The molecule has 0 fully saturated rings. The van der Waals surface area contributed by atoms with Gasteiger partial charge in [0.05, 0.1) is 5.75 Å². The van der Waals surface area contributed by atoms with E-state index in [1.54, 1.807) is 24.3 Å². The fourth-order valence-electron chi connectivity index (χ4n) is 1.16. The summed E-state index contributed by atoms with van der Waals surface area (Å²) in [7, 11) is 0. The Balaban J connectivity index is 2.62. The van der Waals surface area contributed by atoms with Crippen LogP contribution in [0.25, 0.3) is 0 Å². The van der Waals surface area contributed by atoms with E-state index >= 15 is 0 Å². The molecule has 5 nitrogen and oxygen atoms in total. The Kier molecular flexibility index (Phi) is 4.71. The van der Waals surface area contributed by atoms with Crippen LogP contribution < -0.4 is 11.1 Å². The van der Waals surface area contributed by atoms with E-state index in [-0.39, 0.29) is 22.6 Å². The van der Waals surface area contributed by atoms with E-state index in [2.05, 4.69) is 5.32 Å². The fourth-order valence-corrected chi connectivity index (χ4v) is 1.52. The molecular formula is C11H13N3O2S. The van der Waals surface area contributed by atoms with Crippen molar-refractivity contribution in [2.24, 2.45) is 5.73 Å². The lowest BCUT2D eigenvalue weighted by molar-refractivity contribution is -0.113. The molecule has 0 heterocycles. The first-order chi connectivity index (χ1) is 7.99. The highest BCUT2D eigenvalue weighted by Gasteiger charge is 2.05. The number of carbonyl (C=O) groups is 2. The normalized spacial score (nSPS) is 9.71. The number of nitrogens with one attached hydrogen (secondary N) is 2. The van der Waals surface area contributed by atoms with Gasteiger partial charge in [-0.15, -0.1) is 0 Å². The average molecular weight is 251 g/mol. The van der Waals surface area contributed by atoms with Crippen molar-refractivity contribution < 1.29 is 9.59 Å². The van der Waals surface area contributed by atoms with E-state index < -0.39 is 0 Å². The lowest BCUT2D eigenvalue weighted by Gasteiger charge is -2.05. The van der Waals surface area contributed by atoms with E-state index in [9.17, 15) is 9.59 Å². The molecule has 0 aliphatic heterocycles. The van der Waals surface area contributed by atoms with E-state index in [1.165, 1.54) is 6.92 Å². The highest BCUT2D eigenvalue weighted by molar-refractivity contribution is 8.14. The fraction of sp³-hybridized carbons (Fsp3) is 0.182. The number of hydrogen-bond acceptors (Lipinski definition) is 4. The minimum absolute atomic E-state index is 0.0563. The molecule has 1 aromatic rings. The largest absolute Gasteiger partial charge is 0.379 e. The highest BCUT2D eigenvalue weighted by Crippen LogP contribution is 2.11. The van der Waals surface area contributed by atoms with Crippen LogP contribution in [0.15, 0.2) is 24.3 Å². The van der Waals surface area contributed by atoms with Crippen molar-refractivity contribution in [3.63, 3.8) is 0 Å². The van der Waals surface area contributed by atoms with Gasteiger partial charge in [0, 0.05) is 11.3 Å². The lowest BCUT2D eigenvalue weighted by Crippen LogP contribution is -2.17. The zero-order valence-electron chi connectivity index (χ0n) is 9.32. The standard InChI is InChI=1S/C11H13N3O2S/c1-7(15)8-3-2-4-9(5-8)14-10(16)6-17-11(12)13/h2-5H,6H2,1H3,(H3,12,13)(H,14,16). The summed E-state index contributed by atoms with van der Waals surface area (Å²) in [6, 6.07) is 6.69. The summed E-state index contributed by atoms with van der Waals surface area (Å²) in [5.74, 6) is -0.232. The van der Waals surface area contributed by atoms with Gasteiger partial charge in [-0.1, -0.05) is 23.9 Å². The van der Waals surface area contributed by atoms with E-state index in [4.69, 9.17) is 11.1 Å². The molecule has 0 aliphatic rings. The minimum Gasteiger partial charge on any atom is -0.379 e. The molecule has 0 aromatic heterocycles. The quantitative estimate of drug-likeness (QED) is 0.429. The molecule has 0 atom stereocenters. The number of Topliss-reactive ketones (excluding diaryl/α,β-unsaturated/α-hetero) is 1. The molecule has 0 saturated carbocycles. The maximum atomic E-state index is 11.4. The van der Waals surface area contributed by atoms with E-state index in [0.29, 0.717) is 11.3 Å². The summed E-state index contributed by atoms with van der Waals surface area (Å²) < 4.78 is 0. The number of amides is 1. The molecule has 0 bridgehead atoms. The zero-order chi connectivity index (χ0) is 12.8. The number of thioether (sulfide) groups is 1. The Labute approximate surface area is 103 Å². The molecule has 0 spiro atoms. The van der Waals surface area contributed by atoms with Crippen molar-refractivity contribution in [3.8, 4) is 0 Å². The number of nitrogens with two attached hydrogens (primary N) is 1. The predicted octanol–water partition coefficient (Wildman–Crippen LogP) is 1.45. The topological polar surface area (TPSA) is 96.0 Å². The molecule has 0 saturated heterocycles. The third-order valence-corrected chi connectivity index (χ3v) is 2.63. The van der Waals surface area contributed by atoms with Crippen molar-refractivity contribution >= 4 is 34.3 Å². The van der Waals surface area contributed by atoms with Gasteiger partial charge in [-0.3, -0.25) is 15.0 Å². The van der Waals surface area contributed by atoms with Crippen molar-refractivity contribution in [3.05, 3.63) is 29.8 Å². The predicted molar refractivity (Wildman–Crippen MR) is 69.4 cm³/mol. The lowest BCUT2D eigenvalue weighted by atomic mass is 10.1. The molecule has 4 N–H and O–H groups in total. The van der Waals surface area contributed by atoms with Gasteiger partial charge in [0.1, 0.15) is 0 Å².